The molecule has 0 radical (unpaired) electrons. The molecule has 1 fully saturated rings. The molecule has 1 aromatic carbocycles. The lowest BCUT2D eigenvalue weighted by molar-refractivity contribution is 0.580. The quantitative estimate of drug-likeness (QED) is 0.808. The van der Waals surface area contributed by atoms with E-state index in [0.717, 1.165) is 23.0 Å². The number of hydrogen-bond acceptors (Lipinski definition) is 1. The monoisotopic (exact) mass is 223 g/mol. The molecule has 0 heterocycles. The highest BCUT2D eigenvalue weighted by Gasteiger charge is 2.14. The minimum Gasteiger partial charge on any atom is -0.385 e. The molecule has 0 unspecified atom stereocenters. The molecule has 1 saturated carbocycles. The van der Waals surface area contributed by atoms with Gasteiger partial charge in [-0.2, -0.15) is 0 Å². The Morgan fingerprint density at radius 2 is 2.07 bits per heavy atom. The molecule has 0 spiro atoms. The highest BCUT2D eigenvalue weighted by Crippen LogP contribution is 2.25. The average Bonchev–Trinajstić information content (AvgIpc) is 2.73. The second-order valence-electron chi connectivity index (χ2n) is 4.50. The van der Waals surface area contributed by atoms with Crippen LogP contribution in [0.4, 0.5) is 5.69 Å². The van der Waals surface area contributed by atoms with Gasteiger partial charge in [0.2, 0.25) is 0 Å². The average molecular weight is 224 g/mol. The first-order chi connectivity index (χ1) is 7.25. The van der Waals surface area contributed by atoms with Crippen LogP contribution in [0.3, 0.4) is 0 Å². The van der Waals surface area contributed by atoms with Crippen molar-refractivity contribution in [1.29, 1.82) is 0 Å². The van der Waals surface area contributed by atoms with Crippen molar-refractivity contribution in [3.05, 3.63) is 28.8 Å². The highest BCUT2D eigenvalue weighted by atomic mass is 35.5. The molecule has 1 aliphatic rings. The SMILES string of the molecule is Cc1cc(NCC2CCCC2)ccc1Cl. The van der Waals surface area contributed by atoms with Gasteiger partial charge >= 0.3 is 0 Å². The van der Waals surface area contributed by atoms with E-state index in [4.69, 9.17) is 11.6 Å². The summed E-state index contributed by atoms with van der Waals surface area (Å²) in [5, 5.41) is 4.34. The van der Waals surface area contributed by atoms with Crippen LogP contribution in [0.2, 0.25) is 5.02 Å². The van der Waals surface area contributed by atoms with Crippen LogP contribution in [-0.2, 0) is 0 Å². The zero-order valence-electron chi connectivity index (χ0n) is 9.22. The van der Waals surface area contributed by atoms with Crippen LogP contribution in [0.1, 0.15) is 31.2 Å². The van der Waals surface area contributed by atoms with Gasteiger partial charge < -0.3 is 5.32 Å². The Hall–Kier alpha value is -0.690. The lowest BCUT2D eigenvalue weighted by Gasteiger charge is -2.12. The molecule has 1 aromatic rings. The second kappa shape index (κ2) is 4.89. The minimum atomic E-state index is 0.849. The molecule has 82 valence electrons. The standard InChI is InChI=1S/C13H18ClN/c1-10-8-12(6-7-13(10)14)15-9-11-4-2-3-5-11/h6-8,11,15H,2-5,9H2,1H3. The van der Waals surface area contributed by atoms with Crippen LogP contribution in [0.25, 0.3) is 0 Å². The van der Waals surface area contributed by atoms with Crippen molar-refractivity contribution in [2.75, 3.05) is 11.9 Å². The molecule has 1 N–H and O–H groups in total. The van der Waals surface area contributed by atoms with Crippen molar-refractivity contribution < 1.29 is 0 Å². The molecule has 0 atom stereocenters. The molecule has 0 amide bonds. The first-order valence-corrected chi connectivity index (χ1v) is 6.13. The number of halogens is 1. The third-order valence-corrected chi connectivity index (χ3v) is 3.65. The molecule has 1 aliphatic carbocycles. The number of hydrogen-bond donors (Lipinski definition) is 1. The molecule has 15 heavy (non-hydrogen) atoms. The van der Waals surface area contributed by atoms with Gasteiger partial charge in [-0.25, -0.2) is 0 Å². The second-order valence-corrected chi connectivity index (χ2v) is 4.90. The Balaban J connectivity index is 1.90. The molecule has 0 saturated heterocycles. The van der Waals surface area contributed by atoms with Gasteiger partial charge in [0.15, 0.2) is 0 Å². The number of anilines is 1. The number of benzene rings is 1. The van der Waals surface area contributed by atoms with E-state index in [1.54, 1.807) is 0 Å². The molecule has 2 rings (SSSR count). The zero-order chi connectivity index (χ0) is 10.7. The summed E-state index contributed by atoms with van der Waals surface area (Å²) in [6, 6.07) is 6.15. The van der Waals surface area contributed by atoms with Crippen molar-refractivity contribution in [3.63, 3.8) is 0 Å². The van der Waals surface area contributed by atoms with Crippen LogP contribution in [0.15, 0.2) is 18.2 Å². The van der Waals surface area contributed by atoms with Crippen molar-refractivity contribution >= 4 is 17.3 Å². The van der Waals surface area contributed by atoms with Gasteiger partial charge in [-0.05, 0) is 49.4 Å². The maximum Gasteiger partial charge on any atom is 0.0436 e. The van der Waals surface area contributed by atoms with E-state index in [0.29, 0.717) is 0 Å². The number of nitrogens with one attached hydrogen (secondary N) is 1. The smallest absolute Gasteiger partial charge is 0.0436 e. The van der Waals surface area contributed by atoms with Crippen LogP contribution in [-0.4, -0.2) is 6.54 Å². The van der Waals surface area contributed by atoms with Crippen LogP contribution >= 0.6 is 11.6 Å². The molecular formula is C13H18ClN. The van der Waals surface area contributed by atoms with Gasteiger partial charge in [0.25, 0.3) is 0 Å². The Kier molecular flexibility index (Phi) is 3.53. The predicted molar refractivity (Wildman–Crippen MR) is 66.6 cm³/mol. The molecule has 0 aliphatic heterocycles. The fraction of sp³-hybridized carbons (Fsp3) is 0.538. The van der Waals surface area contributed by atoms with Crippen LogP contribution < -0.4 is 5.32 Å². The van der Waals surface area contributed by atoms with Gasteiger partial charge in [-0.3, -0.25) is 0 Å². The van der Waals surface area contributed by atoms with E-state index >= 15 is 0 Å². The van der Waals surface area contributed by atoms with Gasteiger partial charge in [0.1, 0.15) is 0 Å². The number of rotatable bonds is 3. The largest absolute Gasteiger partial charge is 0.385 e. The van der Waals surface area contributed by atoms with E-state index in [1.807, 2.05) is 13.0 Å². The maximum absolute atomic E-state index is 5.98. The zero-order valence-corrected chi connectivity index (χ0v) is 9.98. The normalized spacial score (nSPS) is 16.9. The van der Waals surface area contributed by atoms with E-state index in [-0.39, 0.29) is 0 Å². The van der Waals surface area contributed by atoms with Crippen LogP contribution in [0, 0.1) is 12.8 Å². The molecule has 0 bridgehead atoms. The third kappa shape index (κ3) is 2.88. The first-order valence-electron chi connectivity index (χ1n) is 5.76. The van der Waals surface area contributed by atoms with Crippen molar-refractivity contribution in [2.24, 2.45) is 5.92 Å². The summed E-state index contributed by atoms with van der Waals surface area (Å²) >= 11 is 5.98. The van der Waals surface area contributed by atoms with Gasteiger partial charge in [-0.15, -0.1) is 0 Å². The first kappa shape index (κ1) is 10.8. The molecule has 1 nitrogen and oxygen atoms in total. The molecule has 0 aromatic heterocycles. The Morgan fingerprint density at radius 3 is 2.73 bits per heavy atom. The molecule has 2 heteroatoms. The van der Waals surface area contributed by atoms with Crippen molar-refractivity contribution in [2.45, 2.75) is 32.6 Å². The van der Waals surface area contributed by atoms with Crippen LogP contribution in [0.5, 0.6) is 0 Å². The predicted octanol–water partition coefficient (Wildman–Crippen LogP) is 4.25. The van der Waals surface area contributed by atoms with Gasteiger partial charge in [0, 0.05) is 17.3 Å². The van der Waals surface area contributed by atoms with E-state index in [2.05, 4.69) is 17.4 Å². The third-order valence-electron chi connectivity index (χ3n) is 3.23. The summed E-state index contributed by atoms with van der Waals surface area (Å²) < 4.78 is 0. The van der Waals surface area contributed by atoms with Gasteiger partial charge in [-0.1, -0.05) is 24.4 Å². The lowest BCUT2D eigenvalue weighted by Crippen LogP contribution is -2.10. The Morgan fingerprint density at radius 1 is 1.33 bits per heavy atom. The maximum atomic E-state index is 5.98. The summed E-state index contributed by atoms with van der Waals surface area (Å²) in [6.07, 6.45) is 5.59. The summed E-state index contributed by atoms with van der Waals surface area (Å²) in [7, 11) is 0. The highest BCUT2D eigenvalue weighted by molar-refractivity contribution is 6.31. The summed E-state index contributed by atoms with van der Waals surface area (Å²) in [5.74, 6) is 0.876. The Labute approximate surface area is 96.8 Å². The molecular weight excluding hydrogens is 206 g/mol. The summed E-state index contributed by atoms with van der Waals surface area (Å²) in [6.45, 7) is 3.16. The van der Waals surface area contributed by atoms with E-state index in [9.17, 15) is 0 Å². The number of aryl methyl sites for hydroxylation is 1. The fourth-order valence-corrected chi connectivity index (χ4v) is 2.35. The summed E-state index contributed by atoms with van der Waals surface area (Å²) in [4.78, 5) is 0. The van der Waals surface area contributed by atoms with E-state index < -0.39 is 0 Å². The minimum absolute atomic E-state index is 0.849. The summed E-state index contributed by atoms with van der Waals surface area (Å²) in [5.41, 5.74) is 2.34. The topological polar surface area (TPSA) is 12.0 Å². The fourth-order valence-electron chi connectivity index (χ4n) is 2.23. The lowest BCUT2D eigenvalue weighted by atomic mass is 10.1. The van der Waals surface area contributed by atoms with Crippen molar-refractivity contribution in [1.82, 2.24) is 0 Å². The van der Waals surface area contributed by atoms with Gasteiger partial charge in [0.05, 0.1) is 0 Å². The van der Waals surface area contributed by atoms with E-state index in [1.165, 1.54) is 31.4 Å². The van der Waals surface area contributed by atoms with Crippen molar-refractivity contribution in [3.8, 4) is 0 Å². The Bertz CT molecular complexity index is 329.